The van der Waals surface area contributed by atoms with Crippen molar-refractivity contribution in [3.05, 3.63) is 64.2 Å². The topological polar surface area (TPSA) is 71.3 Å². The van der Waals surface area contributed by atoms with Crippen molar-refractivity contribution in [3.63, 3.8) is 0 Å². The monoisotopic (exact) mass is 445 g/mol. The lowest BCUT2D eigenvalue weighted by Crippen LogP contribution is -2.49. The maximum absolute atomic E-state index is 13.3. The fourth-order valence-electron chi connectivity index (χ4n) is 3.74. The lowest BCUT2D eigenvalue weighted by molar-refractivity contribution is -0.137. The number of halogens is 3. The highest BCUT2D eigenvalue weighted by atomic mass is 19.4. The fraction of sp³-hybridized carbons (Fsp3) is 0.364. The summed E-state index contributed by atoms with van der Waals surface area (Å²) in [4.78, 5) is 33.4. The van der Waals surface area contributed by atoms with Gasteiger partial charge in [-0.15, -0.1) is 0 Å². The average molecular weight is 445 g/mol. The van der Waals surface area contributed by atoms with Gasteiger partial charge in [0.2, 0.25) is 0 Å². The van der Waals surface area contributed by atoms with Crippen LogP contribution >= 0.6 is 0 Å². The van der Waals surface area contributed by atoms with Crippen LogP contribution in [0.15, 0.2) is 47.4 Å². The maximum Gasteiger partial charge on any atom is 0.417 e. The van der Waals surface area contributed by atoms with Crippen molar-refractivity contribution < 1.29 is 18.0 Å². The number of nitrogens with zero attached hydrogens (tertiary/aromatic N) is 5. The van der Waals surface area contributed by atoms with Gasteiger partial charge in [-0.25, -0.2) is 9.67 Å². The summed E-state index contributed by atoms with van der Waals surface area (Å²) in [6, 6.07) is 9.04. The molecule has 32 heavy (non-hydrogen) atoms. The number of amides is 1. The van der Waals surface area contributed by atoms with Crippen LogP contribution in [0.25, 0.3) is 10.8 Å². The van der Waals surface area contributed by atoms with Crippen molar-refractivity contribution >= 4 is 22.5 Å². The smallest absolute Gasteiger partial charge is 0.353 e. The molecule has 0 saturated carbocycles. The number of aromatic nitrogens is 3. The minimum atomic E-state index is -4.43. The van der Waals surface area contributed by atoms with Crippen molar-refractivity contribution in [1.29, 1.82) is 0 Å². The van der Waals surface area contributed by atoms with Crippen LogP contribution in [0.4, 0.5) is 19.0 Å². The zero-order valence-corrected chi connectivity index (χ0v) is 17.6. The second-order valence-electron chi connectivity index (χ2n) is 7.92. The van der Waals surface area contributed by atoms with Gasteiger partial charge in [0.1, 0.15) is 5.82 Å². The number of carbonyl (C=O) groups excluding carboxylic acids is 1. The Kier molecular flexibility index (Phi) is 5.62. The van der Waals surface area contributed by atoms with Gasteiger partial charge in [0.05, 0.1) is 17.0 Å². The minimum Gasteiger partial charge on any atom is -0.353 e. The Hall–Kier alpha value is -3.43. The van der Waals surface area contributed by atoms with E-state index in [0.29, 0.717) is 42.8 Å². The zero-order valence-electron chi connectivity index (χ0n) is 17.6. The highest BCUT2D eigenvalue weighted by Gasteiger charge is 2.31. The first-order valence-corrected chi connectivity index (χ1v) is 10.3. The molecule has 1 amide bonds. The van der Waals surface area contributed by atoms with E-state index < -0.39 is 11.7 Å². The normalized spacial score (nSPS) is 14.9. The second kappa shape index (κ2) is 8.25. The van der Waals surface area contributed by atoms with Crippen LogP contribution < -0.4 is 10.5 Å². The number of pyridine rings is 1. The SMILES string of the molecule is CC(C)n1nc(C(=O)N2CCN(c3ccc(C(F)(F)F)cn3)CC2)c2ccccc2c1=O. The van der Waals surface area contributed by atoms with Crippen molar-refractivity contribution in [2.75, 3.05) is 31.1 Å². The molecule has 0 N–H and O–H groups in total. The van der Waals surface area contributed by atoms with Crippen molar-refractivity contribution in [2.45, 2.75) is 26.1 Å². The average Bonchev–Trinajstić information content (AvgIpc) is 2.78. The van der Waals surface area contributed by atoms with Gasteiger partial charge in [0.25, 0.3) is 11.5 Å². The molecule has 0 radical (unpaired) electrons. The van der Waals surface area contributed by atoms with E-state index in [9.17, 15) is 22.8 Å². The quantitative estimate of drug-likeness (QED) is 0.618. The molecule has 1 saturated heterocycles. The third kappa shape index (κ3) is 4.04. The summed E-state index contributed by atoms with van der Waals surface area (Å²) in [5.41, 5.74) is -0.825. The maximum atomic E-state index is 13.3. The Morgan fingerprint density at radius 2 is 1.66 bits per heavy atom. The summed E-state index contributed by atoms with van der Waals surface area (Å²) in [7, 11) is 0. The highest BCUT2D eigenvalue weighted by Crippen LogP contribution is 2.29. The lowest BCUT2D eigenvalue weighted by Gasteiger charge is -2.35. The Balaban J connectivity index is 1.55. The predicted molar refractivity (Wildman–Crippen MR) is 114 cm³/mol. The van der Waals surface area contributed by atoms with E-state index in [-0.39, 0.29) is 23.2 Å². The van der Waals surface area contributed by atoms with Crippen LogP contribution in [0.5, 0.6) is 0 Å². The van der Waals surface area contributed by atoms with Gasteiger partial charge < -0.3 is 9.80 Å². The van der Waals surface area contributed by atoms with E-state index >= 15 is 0 Å². The van der Waals surface area contributed by atoms with Gasteiger partial charge in [0, 0.05) is 37.8 Å². The lowest BCUT2D eigenvalue weighted by atomic mass is 10.1. The van der Waals surface area contributed by atoms with Crippen LogP contribution in [0, 0.1) is 0 Å². The molecule has 3 aromatic rings. The molecule has 0 unspecified atom stereocenters. The van der Waals surface area contributed by atoms with E-state index in [1.807, 2.05) is 18.7 Å². The molecule has 0 bridgehead atoms. The number of hydrogen-bond acceptors (Lipinski definition) is 5. The number of fused-ring (bicyclic) bond motifs is 1. The summed E-state index contributed by atoms with van der Waals surface area (Å²) in [6.45, 7) is 5.22. The predicted octanol–water partition coefficient (Wildman–Crippen LogP) is 3.35. The van der Waals surface area contributed by atoms with Crippen LogP contribution in [0.1, 0.15) is 35.9 Å². The molecule has 1 aliphatic rings. The van der Waals surface area contributed by atoms with E-state index in [0.717, 1.165) is 12.3 Å². The molecule has 1 aliphatic heterocycles. The molecule has 0 aliphatic carbocycles. The van der Waals surface area contributed by atoms with Crippen LogP contribution in [-0.2, 0) is 6.18 Å². The third-order valence-corrected chi connectivity index (χ3v) is 5.49. The van der Waals surface area contributed by atoms with Crippen molar-refractivity contribution in [1.82, 2.24) is 19.7 Å². The summed E-state index contributed by atoms with van der Waals surface area (Å²) in [5.74, 6) is 0.151. The first kappa shape index (κ1) is 21.8. The molecule has 10 heteroatoms. The number of carbonyl (C=O) groups is 1. The molecular weight excluding hydrogens is 423 g/mol. The van der Waals surface area contributed by atoms with E-state index in [1.165, 1.54) is 10.7 Å². The molecule has 4 rings (SSSR count). The van der Waals surface area contributed by atoms with Gasteiger partial charge in [-0.3, -0.25) is 9.59 Å². The van der Waals surface area contributed by atoms with E-state index in [1.54, 1.807) is 29.2 Å². The van der Waals surface area contributed by atoms with Crippen LogP contribution in [0.2, 0.25) is 0 Å². The summed E-state index contributed by atoms with van der Waals surface area (Å²) in [5, 5.41) is 5.31. The standard InChI is InChI=1S/C22H22F3N5O2/c1-14(2)30-20(31)17-6-4-3-5-16(17)19(27-30)21(32)29-11-9-28(10-12-29)18-8-7-15(13-26-18)22(23,24)25/h3-8,13-14H,9-12H2,1-2H3. The van der Waals surface area contributed by atoms with Gasteiger partial charge in [-0.1, -0.05) is 18.2 Å². The summed E-state index contributed by atoms with van der Waals surface area (Å²) >= 11 is 0. The number of piperazine rings is 1. The summed E-state index contributed by atoms with van der Waals surface area (Å²) in [6.07, 6.45) is -3.61. The third-order valence-electron chi connectivity index (χ3n) is 5.49. The number of hydrogen-bond donors (Lipinski definition) is 0. The number of anilines is 1. The summed E-state index contributed by atoms with van der Waals surface area (Å²) < 4.78 is 39.6. The van der Waals surface area contributed by atoms with Crippen molar-refractivity contribution in [2.24, 2.45) is 0 Å². The van der Waals surface area contributed by atoms with E-state index in [2.05, 4.69) is 10.1 Å². The molecule has 3 heterocycles. The number of alkyl halides is 3. The fourth-order valence-corrected chi connectivity index (χ4v) is 3.74. The zero-order chi connectivity index (χ0) is 23.0. The molecule has 0 spiro atoms. The Morgan fingerprint density at radius 3 is 2.22 bits per heavy atom. The van der Waals surface area contributed by atoms with Gasteiger partial charge in [0.15, 0.2) is 5.69 Å². The first-order chi connectivity index (χ1) is 15.2. The molecule has 1 fully saturated rings. The molecule has 1 aromatic carbocycles. The largest absolute Gasteiger partial charge is 0.417 e. The molecule has 2 aromatic heterocycles. The molecule has 7 nitrogen and oxygen atoms in total. The highest BCUT2D eigenvalue weighted by molar-refractivity contribution is 6.04. The second-order valence-corrected chi connectivity index (χ2v) is 7.92. The minimum absolute atomic E-state index is 0.207. The molecular formula is C22H22F3N5O2. The molecule has 0 atom stereocenters. The Labute approximate surface area is 182 Å². The van der Waals surface area contributed by atoms with Crippen LogP contribution in [0.3, 0.4) is 0 Å². The van der Waals surface area contributed by atoms with Crippen molar-refractivity contribution in [3.8, 4) is 0 Å². The van der Waals surface area contributed by atoms with Gasteiger partial charge in [-0.05, 0) is 32.0 Å². The Bertz CT molecular complexity index is 1200. The number of rotatable bonds is 3. The van der Waals surface area contributed by atoms with Gasteiger partial charge >= 0.3 is 6.18 Å². The first-order valence-electron chi connectivity index (χ1n) is 10.3. The molecule has 168 valence electrons. The van der Waals surface area contributed by atoms with Gasteiger partial charge in [-0.2, -0.15) is 18.3 Å². The number of benzene rings is 1. The van der Waals surface area contributed by atoms with E-state index in [4.69, 9.17) is 0 Å². The van der Waals surface area contributed by atoms with Crippen LogP contribution in [-0.4, -0.2) is 51.8 Å². The Morgan fingerprint density at radius 1 is 1.00 bits per heavy atom.